The number of rotatable bonds is 6. The fraction of sp³-hybridized carbons (Fsp3) is 0.292. The molecule has 3 aromatic rings. The maximum absolute atomic E-state index is 14.9. The number of carbonyl (C=O) groups is 1. The van der Waals surface area contributed by atoms with Gasteiger partial charge in [0.15, 0.2) is 0 Å². The molecule has 1 aromatic carbocycles. The Morgan fingerprint density at radius 3 is 2.91 bits per heavy atom. The summed E-state index contributed by atoms with van der Waals surface area (Å²) in [5, 5.41) is 3.17. The van der Waals surface area contributed by atoms with Gasteiger partial charge in [0, 0.05) is 44.5 Å². The second kappa shape index (κ2) is 10.4. The minimum Gasteiger partial charge on any atom is -0.397 e. The number of likely N-dealkylation sites (N-methyl/N-ethyl adjacent to an activating group) is 1. The van der Waals surface area contributed by atoms with Crippen LogP contribution in [-0.2, 0) is 13.0 Å². The zero-order chi connectivity index (χ0) is 25.1. The molecule has 0 bridgehead atoms. The number of nitrogens with one attached hydrogen (secondary N) is 3. The summed E-state index contributed by atoms with van der Waals surface area (Å²) < 4.78 is 16.5. The summed E-state index contributed by atoms with van der Waals surface area (Å²) in [6.07, 6.45) is 2.13. The van der Waals surface area contributed by atoms with E-state index >= 15 is 0 Å². The van der Waals surface area contributed by atoms with Crippen LogP contribution in [0.5, 0.6) is 0 Å². The number of nitrogens with zero attached hydrogens (tertiary/aromatic N) is 4. The van der Waals surface area contributed by atoms with Gasteiger partial charge in [-0.1, -0.05) is 31.2 Å². The molecule has 1 fully saturated rings. The Bertz CT molecular complexity index is 1320. The van der Waals surface area contributed by atoms with E-state index in [4.69, 9.17) is 17.3 Å². The summed E-state index contributed by atoms with van der Waals surface area (Å²) in [5.41, 5.74) is 15.2. The Kier molecular flexibility index (Phi) is 7.34. The predicted molar refractivity (Wildman–Crippen MR) is 137 cm³/mol. The Balaban J connectivity index is 1.49. The van der Waals surface area contributed by atoms with Gasteiger partial charge in [0.05, 0.1) is 28.6 Å². The first-order valence-corrected chi connectivity index (χ1v) is 11.6. The number of pyridine rings is 1. The number of aromatic nitrogens is 2. The molecule has 1 amide bonds. The molecule has 35 heavy (non-hydrogen) atoms. The fourth-order valence-corrected chi connectivity index (χ4v) is 3.99. The fourth-order valence-electron chi connectivity index (χ4n) is 3.84. The van der Waals surface area contributed by atoms with Gasteiger partial charge in [-0.05, 0) is 24.1 Å². The summed E-state index contributed by atoms with van der Waals surface area (Å²) in [7, 11) is 1.93. The van der Waals surface area contributed by atoms with Crippen LogP contribution in [-0.4, -0.2) is 52.7 Å². The molecule has 9 nitrogen and oxygen atoms in total. The molecule has 0 radical (unpaired) electrons. The maximum atomic E-state index is 14.9. The highest BCUT2D eigenvalue weighted by Gasteiger charge is 2.19. The average molecular weight is 499 g/mol. The third-order valence-electron chi connectivity index (χ3n) is 5.81. The second-order valence-corrected chi connectivity index (χ2v) is 8.65. The lowest BCUT2D eigenvalue weighted by molar-refractivity contribution is 0.0944. The number of aliphatic imine (C=N–C) groups is 1. The van der Waals surface area contributed by atoms with E-state index in [1.165, 1.54) is 6.07 Å². The van der Waals surface area contributed by atoms with Gasteiger partial charge in [-0.15, -0.1) is 0 Å². The summed E-state index contributed by atoms with van der Waals surface area (Å²) in [5.74, 6) is -0.0369. The van der Waals surface area contributed by atoms with Crippen molar-refractivity contribution in [1.82, 2.24) is 30.5 Å². The molecule has 2 aromatic heterocycles. The molecule has 0 aliphatic carbocycles. The molecule has 1 aliphatic rings. The van der Waals surface area contributed by atoms with Crippen molar-refractivity contribution >= 4 is 40.4 Å². The summed E-state index contributed by atoms with van der Waals surface area (Å²) in [6, 6.07) is 6.37. The van der Waals surface area contributed by atoms with E-state index < -0.39 is 5.82 Å². The summed E-state index contributed by atoms with van der Waals surface area (Å²) in [4.78, 5) is 24.0. The van der Waals surface area contributed by atoms with Crippen molar-refractivity contribution in [1.29, 1.82) is 0 Å². The number of hydrogen-bond donors (Lipinski definition) is 4. The van der Waals surface area contributed by atoms with E-state index in [-0.39, 0.29) is 12.5 Å². The molecule has 0 saturated carbocycles. The number of anilines is 1. The normalized spacial score (nSPS) is 15.4. The van der Waals surface area contributed by atoms with E-state index in [9.17, 15) is 9.18 Å². The van der Waals surface area contributed by atoms with Crippen LogP contribution in [0.25, 0.3) is 11.3 Å². The largest absolute Gasteiger partial charge is 0.397 e. The van der Waals surface area contributed by atoms with Crippen molar-refractivity contribution in [2.45, 2.75) is 19.9 Å². The lowest BCUT2D eigenvalue weighted by atomic mass is 10.1. The quantitative estimate of drug-likeness (QED) is 0.415. The molecule has 11 heteroatoms. The molecule has 5 N–H and O–H groups in total. The minimum atomic E-state index is -0.459. The Morgan fingerprint density at radius 2 is 2.17 bits per heavy atom. The molecular formula is C24H28ClFN8O. The maximum Gasteiger partial charge on any atom is 0.270 e. The lowest BCUT2D eigenvalue weighted by Crippen LogP contribution is -2.34. The highest BCUT2D eigenvalue weighted by molar-refractivity contribution is 6.33. The van der Waals surface area contributed by atoms with E-state index in [2.05, 4.69) is 32.7 Å². The number of hydrogen-bond acceptors (Lipinski definition) is 6. The molecule has 3 heterocycles. The predicted octanol–water partition coefficient (Wildman–Crippen LogP) is 2.61. The third-order valence-corrected chi connectivity index (χ3v) is 6.13. The number of amidine groups is 1. The zero-order valence-corrected chi connectivity index (χ0v) is 20.4. The Hall–Kier alpha value is -3.47. The number of imidazole rings is 1. The van der Waals surface area contributed by atoms with Crippen molar-refractivity contribution < 1.29 is 9.18 Å². The van der Waals surface area contributed by atoms with Crippen LogP contribution in [0, 0.1) is 5.82 Å². The van der Waals surface area contributed by atoms with Gasteiger partial charge in [-0.25, -0.2) is 14.4 Å². The van der Waals surface area contributed by atoms with Crippen molar-refractivity contribution in [3.05, 3.63) is 70.4 Å². The number of carbonyl (C=O) groups excluding carboxylic acids is 1. The molecule has 1 saturated heterocycles. The number of fused-ring (bicyclic) bond motifs is 1. The number of nitrogen functional groups attached to an aromatic ring is 1. The van der Waals surface area contributed by atoms with Gasteiger partial charge in [0.2, 0.25) is 0 Å². The first kappa shape index (κ1) is 24.6. The highest BCUT2D eigenvalue weighted by atomic mass is 35.5. The van der Waals surface area contributed by atoms with E-state index in [1.807, 2.05) is 18.9 Å². The lowest BCUT2D eigenvalue weighted by Gasteiger charge is -2.18. The molecule has 0 unspecified atom stereocenters. The molecule has 184 valence electrons. The first-order valence-electron chi connectivity index (χ1n) is 11.2. The van der Waals surface area contributed by atoms with E-state index in [0.717, 1.165) is 18.9 Å². The summed E-state index contributed by atoms with van der Waals surface area (Å²) in [6.45, 7) is 8.03. The molecule has 4 rings (SSSR count). The first-order chi connectivity index (χ1) is 16.8. The SMILES string of the molecule is C=C(N=C1CNNCCN1C)c1ccc(CNC(=O)c2c(CC)nc3cc(N)c(Cl)cn23)cc1F. The van der Waals surface area contributed by atoms with Crippen LogP contribution < -0.4 is 21.9 Å². The van der Waals surface area contributed by atoms with Crippen LogP contribution in [0.2, 0.25) is 5.02 Å². The second-order valence-electron chi connectivity index (χ2n) is 8.24. The topological polar surface area (TPSA) is 112 Å². The average Bonchev–Trinajstić information content (AvgIpc) is 3.05. The van der Waals surface area contributed by atoms with Crippen molar-refractivity contribution in [2.24, 2.45) is 4.99 Å². The van der Waals surface area contributed by atoms with Crippen molar-refractivity contribution in [3.63, 3.8) is 0 Å². The third kappa shape index (κ3) is 5.29. The zero-order valence-electron chi connectivity index (χ0n) is 19.7. The van der Waals surface area contributed by atoms with E-state index in [0.29, 0.717) is 57.5 Å². The van der Waals surface area contributed by atoms with Crippen molar-refractivity contribution in [3.8, 4) is 0 Å². The number of hydrazine groups is 1. The van der Waals surface area contributed by atoms with Gasteiger partial charge >= 0.3 is 0 Å². The van der Waals surface area contributed by atoms with Crippen LogP contribution in [0.3, 0.4) is 0 Å². The molecule has 0 spiro atoms. The van der Waals surface area contributed by atoms with Gasteiger partial charge < -0.3 is 16.0 Å². The number of amides is 1. The number of benzene rings is 1. The number of nitrogens with two attached hydrogens (primary N) is 1. The number of halogens is 2. The van der Waals surface area contributed by atoms with Crippen molar-refractivity contribution in [2.75, 3.05) is 32.4 Å². The minimum absolute atomic E-state index is 0.133. The molecular weight excluding hydrogens is 471 g/mol. The number of aryl methyl sites for hydroxylation is 1. The van der Waals surface area contributed by atoms with Crippen LogP contribution in [0.1, 0.15) is 34.2 Å². The van der Waals surface area contributed by atoms with Crippen LogP contribution in [0.15, 0.2) is 42.0 Å². The monoisotopic (exact) mass is 498 g/mol. The molecule has 1 aliphatic heterocycles. The highest BCUT2D eigenvalue weighted by Crippen LogP contribution is 2.24. The standard InChI is InChI=1S/C24H28ClFN8O/c1-4-20-23(34-13-17(25)19(27)10-21(34)32-20)24(35)28-11-15-5-6-16(18(26)9-15)14(2)31-22-12-30-29-7-8-33(22)3/h5-6,9-10,13,29-30H,2,4,7-8,11-12,27H2,1,3H3,(H,28,35). The van der Waals surface area contributed by atoms with Gasteiger partial charge in [-0.3, -0.25) is 20.0 Å². The Morgan fingerprint density at radius 1 is 1.37 bits per heavy atom. The Labute approximate surface area is 207 Å². The van der Waals surface area contributed by atoms with E-state index in [1.54, 1.807) is 28.8 Å². The smallest absolute Gasteiger partial charge is 0.270 e. The van der Waals surface area contributed by atoms with Crippen LogP contribution >= 0.6 is 11.6 Å². The van der Waals surface area contributed by atoms with Crippen LogP contribution in [0.4, 0.5) is 10.1 Å². The molecule has 0 atom stereocenters. The van der Waals surface area contributed by atoms with Gasteiger partial charge in [-0.2, -0.15) is 0 Å². The summed E-state index contributed by atoms with van der Waals surface area (Å²) >= 11 is 6.15. The van der Waals surface area contributed by atoms with Gasteiger partial charge in [0.1, 0.15) is 23.0 Å². The van der Waals surface area contributed by atoms with Gasteiger partial charge in [0.25, 0.3) is 5.91 Å².